The van der Waals surface area contributed by atoms with Gasteiger partial charge >= 0.3 is 0 Å². The molecule has 0 spiro atoms. The van der Waals surface area contributed by atoms with Crippen molar-refractivity contribution in [1.29, 1.82) is 0 Å². The van der Waals surface area contributed by atoms with Gasteiger partial charge in [-0.05, 0) is 62.4 Å². The number of nitrogens with one attached hydrogen (secondary N) is 1. The zero-order valence-electron chi connectivity index (χ0n) is 16.2. The maximum absolute atomic E-state index is 13.2. The lowest BCUT2D eigenvalue weighted by Crippen LogP contribution is -2.52. The van der Waals surface area contributed by atoms with Crippen molar-refractivity contribution in [2.24, 2.45) is 11.7 Å². The van der Waals surface area contributed by atoms with Crippen molar-refractivity contribution in [2.75, 3.05) is 19.6 Å². The maximum Gasteiger partial charge on any atom is 0.255 e. The number of benzene rings is 1. The molecular weight excluding hydrogens is 356 g/mol. The molecule has 0 aromatic heterocycles. The van der Waals surface area contributed by atoms with Crippen LogP contribution in [-0.2, 0) is 22.7 Å². The van der Waals surface area contributed by atoms with Gasteiger partial charge in [-0.3, -0.25) is 24.6 Å². The number of carbonyl (C=O) groups is 3. The number of nitrogens with two attached hydrogens (primary N) is 1. The summed E-state index contributed by atoms with van der Waals surface area (Å²) < 4.78 is 0. The molecule has 0 radical (unpaired) electrons. The Hall–Kier alpha value is -2.25. The average Bonchev–Trinajstić information content (AvgIpc) is 3.01. The molecule has 0 aliphatic carbocycles. The summed E-state index contributed by atoms with van der Waals surface area (Å²) in [5.74, 6) is 0.00979. The number of imide groups is 1. The van der Waals surface area contributed by atoms with Gasteiger partial charge in [0.15, 0.2) is 0 Å². The van der Waals surface area contributed by atoms with Gasteiger partial charge in [-0.25, -0.2) is 0 Å². The number of fused-ring (bicyclic) bond motifs is 1. The number of hydrogen-bond acceptors (Lipinski definition) is 5. The van der Waals surface area contributed by atoms with Crippen LogP contribution in [0, 0.1) is 5.92 Å². The molecule has 1 unspecified atom stereocenters. The lowest BCUT2D eigenvalue weighted by molar-refractivity contribution is -0.136. The summed E-state index contributed by atoms with van der Waals surface area (Å²) in [6.07, 6.45) is 4.08. The Morgan fingerprint density at radius 1 is 1.11 bits per heavy atom. The van der Waals surface area contributed by atoms with Crippen molar-refractivity contribution in [3.63, 3.8) is 0 Å². The Morgan fingerprint density at radius 2 is 1.89 bits per heavy atom. The van der Waals surface area contributed by atoms with Crippen LogP contribution in [0.2, 0.25) is 0 Å². The fraction of sp³-hybridized carbons (Fsp3) is 0.571. The molecular formula is C21H28N4O3. The van der Waals surface area contributed by atoms with E-state index >= 15 is 0 Å². The fourth-order valence-electron chi connectivity index (χ4n) is 4.73. The third kappa shape index (κ3) is 3.69. The lowest BCUT2D eigenvalue weighted by atomic mass is 9.93. The van der Waals surface area contributed by atoms with Gasteiger partial charge in [-0.1, -0.05) is 18.2 Å². The predicted octanol–water partition coefficient (Wildman–Crippen LogP) is 1.01. The highest BCUT2D eigenvalue weighted by Gasteiger charge is 2.40. The smallest absolute Gasteiger partial charge is 0.255 e. The molecule has 0 bridgehead atoms. The molecule has 0 saturated carbocycles. The van der Waals surface area contributed by atoms with Crippen LogP contribution < -0.4 is 11.1 Å². The van der Waals surface area contributed by atoms with E-state index < -0.39 is 6.04 Å². The van der Waals surface area contributed by atoms with E-state index in [4.69, 9.17) is 5.73 Å². The molecule has 4 rings (SSSR count). The molecule has 3 heterocycles. The van der Waals surface area contributed by atoms with Crippen LogP contribution in [0.3, 0.4) is 0 Å². The van der Waals surface area contributed by atoms with Crippen molar-refractivity contribution >= 4 is 17.7 Å². The van der Waals surface area contributed by atoms with E-state index in [2.05, 4.69) is 10.2 Å². The van der Waals surface area contributed by atoms with Crippen molar-refractivity contribution in [1.82, 2.24) is 15.1 Å². The number of rotatable bonds is 5. The zero-order chi connectivity index (χ0) is 19.7. The van der Waals surface area contributed by atoms with Gasteiger partial charge in [0.1, 0.15) is 6.04 Å². The first-order chi connectivity index (χ1) is 13.6. The topological polar surface area (TPSA) is 95.7 Å². The van der Waals surface area contributed by atoms with Crippen LogP contribution in [0.15, 0.2) is 18.2 Å². The number of nitrogens with zero attached hydrogens (tertiary/aromatic N) is 2. The summed E-state index contributed by atoms with van der Waals surface area (Å²) in [4.78, 5) is 40.8. The molecule has 2 saturated heterocycles. The highest BCUT2D eigenvalue weighted by molar-refractivity contribution is 6.05. The number of piperidine rings is 2. The largest absolute Gasteiger partial charge is 0.330 e. The molecule has 3 aliphatic heterocycles. The monoisotopic (exact) mass is 384 g/mol. The predicted molar refractivity (Wildman–Crippen MR) is 104 cm³/mol. The Labute approximate surface area is 165 Å². The quantitative estimate of drug-likeness (QED) is 0.739. The van der Waals surface area contributed by atoms with E-state index in [0.717, 1.165) is 62.1 Å². The fourth-order valence-corrected chi connectivity index (χ4v) is 4.73. The van der Waals surface area contributed by atoms with Crippen LogP contribution in [0.5, 0.6) is 0 Å². The lowest BCUT2D eigenvalue weighted by Gasteiger charge is -2.32. The minimum absolute atomic E-state index is 0.0851. The molecule has 1 aromatic carbocycles. The van der Waals surface area contributed by atoms with Gasteiger partial charge < -0.3 is 10.6 Å². The van der Waals surface area contributed by atoms with Gasteiger partial charge in [0.2, 0.25) is 11.8 Å². The minimum Gasteiger partial charge on any atom is -0.330 e. The van der Waals surface area contributed by atoms with E-state index in [1.54, 1.807) is 4.90 Å². The molecule has 1 atom stereocenters. The molecule has 3 aliphatic rings. The second kappa shape index (κ2) is 8.01. The summed E-state index contributed by atoms with van der Waals surface area (Å²) in [6.45, 7) is 4.00. The van der Waals surface area contributed by atoms with Crippen LogP contribution in [-0.4, -0.2) is 53.2 Å². The Balaban J connectivity index is 1.47. The van der Waals surface area contributed by atoms with E-state index in [0.29, 0.717) is 18.9 Å². The summed E-state index contributed by atoms with van der Waals surface area (Å²) in [7, 11) is 0. The molecule has 7 heteroatoms. The number of likely N-dealkylation sites (tertiary alicyclic amines) is 1. The third-order valence-corrected chi connectivity index (χ3v) is 6.31. The summed E-state index contributed by atoms with van der Waals surface area (Å²) >= 11 is 0. The second-order valence-electron chi connectivity index (χ2n) is 8.15. The Kier molecular flexibility index (Phi) is 5.46. The third-order valence-electron chi connectivity index (χ3n) is 6.31. The highest BCUT2D eigenvalue weighted by atomic mass is 16.2. The van der Waals surface area contributed by atoms with Gasteiger partial charge in [0.05, 0.1) is 0 Å². The summed E-state index contributed by atoms with van der Waals surface area (Å²) in [6, 6.07) is 5.43. The van der Waals surface area contributed by atoms with Gasteiger partial charge in [-0.2, -0.15) is 0 Å². The first-order valence-corrected chi connectivity index (χ1v) is 10.2. The summed E-state index contributed by atoms with van der Waals surface area (Å²) in [5.41, 5.74) is 8.44. The van der Waals surface area contributed by atoms with Crippen molar-refractivity contribution in [3.05, 3.63) is 34.9 Å². The SMILES string of the molecule is NCCC1CCN(Cc2cccc3c2C(=O)N(C2CCC(=O)NC2=O)C3)CC1. The van der Waals surface area contributed by atoms with Crippen LogP contribution >= 0.6 is 0 Å². The number of hydrogen-bond donors (Lipinski definition) is 2. The Bertz CT molecular complexity index is 786. The maximum atomic E-state index is 13.2. The molecule has 150 valence electrons. The second-order valence-corrected chi connectivity index (χ2v) is 8.15. The van der Waals surface area contributed by atoms with Gasteiger partial charge in [-0.15, -0.1) is 0 Å². The number of amides is 3. The number of carbonyl (C=O) groups excluding carboxylic acids is 3. The summed E-state index contributed by atoms with van der Waals surface area (Å²) in [5, 5.41) is 2.36. The molecule has 2 fully saturated rings. The Morgan fingerprint density at radius 3 is 2.61 bits per heavy atom. The van der Waals surface area contributed by atoms with E-state index in [1.807, 2.05) is 18.2 Å². The first kappa shape index (κ1) is 19.1. The van der Waals surface area contributed by atoms with Crippen LogP contribution in [0.1, 0.15) is 53.6 Å². The minimum atomic E-state index is -0.558. The molecule has 3 N–H and O–H groups in total. The zero-order valence-corrected chi connectivity index (χ0v) is 16.2. The average molecular weight is 384 g/mol. The molecule has 7 nitrogen and oxygen atoms in total. The molecule has 1 aromatic rings. The first-order valence-electron chi connectivity index (χ1n) is 10.2. The van der Waals surface area contributed by atoms with Crippen molar-refractivity contribution in [3.8, 4) is 0 Å². The van der Waals surface area contributed by atoms with E-state index in [9.17, 15) is 14.4 Å². The highest BCUT2D eigenvalue weighted by Crippen LogP contribution is 2.31. The molecule has 28 heavy (non-hydrogen) atoms. The van der Waals surface area contributed by atoms with Crippen molar-refractivity contribution in [2.45, 2.75) is 51.2 Å². The standard InChI is InChI=1S/C21H28N4O3/c22-9-6-14-7-10-24(11-8-14)12-15-2-1-3-16-13-25(21(28)19(15)16)17-4-5-18(26)23-20(17)27/h1-3,14,17H,4-13,22H2,(H,23,26,27). The van der Waals surface area contributed by atoms with E-state index in [1.165, 1.54) is 0 Å². The van der Waals surface area contributed by atoms with Crippen LogP contribution in [0.25, 0.3) is 0 Å². The van der Waals surface area contributed by atoms with E-state index in [-0.39, 0.29) is 24.1 Å². The van der Waals surface area contributed by atoms with Crippen molar-refractivity contribution < 1.29 is 14.4 Å². The van der Waals surface area contributed by atoms with Crippen LogP contribution in [0.4, 0.5) is 0 Å². The molecule has 3 amide bonds. The normalized spacial score (nSPS) is 23.8. The van der Waals surface area contributed by atoms with Gasteiger partial charge in [0.25, 0.3) is 5.91 Å². The van der Waals surface area contributed by atoms with Gasteiger partial charge in [0, 0.05) is 25.1 Å².